The summed E-state index contributed by atoms with van der Waals surface area (Å²) >= 11 is 14.6. The second-order valence-electron chi connectivity index (χ2n) is 12.5. The molecular formula is C36H43Cl2FN4O2S. The number of nitrogens with two attached hydrogens (primary N) is 1. The number of amidine groups is 1. The van der Waals surface area contributed by atoms with Crippen LogP contribution in [0.15, 0.2) is 66.0 Å². The summed E-state index contributed by atoms with van der Waals surface area (Å²) in [7, 11) is 1.60. The van der Waals surface area contributed by atoms with Crippen molar-refractivity contribution in [1.29, 1.82) is 5.41 Å². The summed E-state index contributed by atoms with van der Waals surface area (Å²) in [5.41, 5.74) is 10.2. The van der Waals surface area contributed by atoms with Crippen LogP contribution < -0.4 is 15.2 Å². The highest BCUT2D eigenvalue weighted by Crippen LogP contribution is 2.40. The van der Waals surface area contributed by atoms with Crippen LogP contribution in [0.2, 0.25) is 10.0 Å². The first-order valence-electron chi connectivity index (χ1n) is 15.3. The fourth-order valence-corrected chi connectivity index (χ4v) is 6.77. The molecule has 246 valence electrons. The quantitative estimate of drug-likeness (QED) is 0.0784. The Bertz CT molecular complexity index is 1670. The Hall–Kier alpha value is -3.20. The van der Waals surface area contributed by atoms with Crippen molar-refractivity contribution < 1.29 is 13.9 Å². The van der Waals surface area contributed by atoms with Crippen molar-refractivity contribution >= 4 is 40.8 Å². The molecule has 46 heavy (non-hydrogen) atoms. The van der Waals surface area contributed by atoms with E-state index in [1.807, 2.05) is 43.5 Å². The number of benzene rings is 3. The lowest BCUT2D eigenvalue weighted by Crippen LogP contribution is -2.26. The van der Waals surface area contributed by atoms with Crippen LogP contribution in [0.1, 0.15) is 76.3 Å². The molecule has 0 aliphatic carbocycles. The van der Waals surface area contributed by atoms with E-state index in [2.05, 4.69) is 39.2 Å². The maximum absolute atomic E-state index is 14.0. The summed E-state index contributed by atoms with van der Waals surface area (Å²) in [5, 5.41) is 9.62. The zero-order valence-electron chi connectivity index (χ0n) is 27.5. The number of imidazole rings is 1. The van der Waals surface area contributed by atoms with E-state index >= 15 is 0 Å². The predicted molar refractivity (Wildman–Crippen MR) is 189 cm³/mol. The summed E-state index contributed by atoms with van der Waals surface area (Å²) < 4.78 is 27.8. The Kier molecular flexibility index (Phi) is 11.7. The van der Waals surface area contributed by atoms with Crippen molar-refractivity contribution in [1.82, 2.24) is 9.55 Å². The smallest absolute Gasteiger partial charge is 0.173 e. The molecule has 0 spiro atoms. The number of rotatable bonds is 14. The molecule has 0 amide bonds. The van der Waals surface area contributed by atoms with E-state index in [1.165, 1.54) is 12.1 Å². The van der Waals surface area contributed by atoms with Crippen molar-refractivity contribution in [3.63, 3.8) is 0 Å². The summed E-state index contributed by atoms with van der Waals surface area (Å²) in [6, 6.07) is 16.3. The number of nitrogens with zero attached hydrogens (tertiary/aromatic N) is 2. The topological polar surface area (TPSA) is 86.2 Å². The second kappa shape index (κ2) is 15.1. The third kappa shape index (κ3) is 8.01. The molecule has 1 aromatic heterocycles. The van der Waals surface area contributed by atoms with Gasteiger partial charge in [0.2, 0.25) is 0 Å². The first-order chi connectivity index (χ1) is 21.7. The minimum absolute atomic E-state index is 0.0178. The molecular weight excluding hydrogens is 642 g/mol. The van der Waals surface area contributed by atoms with Gasteiger partial charge in [-0.3, -0.25) is 9.98 Å². The van der Waals surface area contributed by atoms with E-state index in [0.29, 0.717) is 33.9 Å². The number of halogens is 3. The van der Waals surface area contributed by atoms with Crippen molar-refractivity contribution in [2.45, 2.75) is 70.2 Å². The van der Waals surface area contributed by atoms with Gasteiger partial charge in [0, 0.05) is 22.8 Å². The predicted octanol–water partition coefficient (Wildman–Crippen LogP) is 10.0. The van der Waals surface area contributed by atoms with Gasteiger partial charge in [-0.05, 0) is 83.5 Å². The maximum atomic E-state index is 14.0. The third-order valence-electron chi connectivity index (χ3n) is 8.67. The Balaban J connectivity index is 1.68. The van der Waals surface area contributed by atoms with Gasteiger partial charge in [0.15, 0.2) is 5.16 Å². The molecule has 6 nitrogen and oxygen atoms in total. The fourth-order valence-electron chi connectivity index (χ4n) is 5.35. The molecule has 0 fully saturated rings. The van der Waals surface area contributed by atoms with E-state index in [9.17, 15) is 4.39 Å². The van der Waals surface area contributed by atoms with Crippen molar-refractivity contribution in [3.05, 3.63) is 99.0 Å². The minimum atomic E-state index is -0.501. The van der Waals surface area contributed by atoms with Crippen LogP contribution in [0.4, 0.5) is 4.39 Å². The first-order valence-corrected chi connectivity index (χ1v) is 17.1. The molecule has 4 rings (SSSR count). The standard InChI is InChI=1S/C36H43Cl2FN4O2S/c1-21(2)28-18-30(38)32(45-15-14-22(3)23(4)34(40)41)16-24(28)20-46-35-42-19-33(43(35)27-11-9-26(39)10-12-27)36(5,6)25-8-13-29(37)31(17-25)44-7/h8-13,16-19,21-23H,14-15,20H2,1-7H3,(H3,40,41). The normalized spacial score (nSPS) is 13.1. The summed E-state index contributed by atoms with van der Waals surface area (Å²) in [6.45, 7) is 13.0. The molecule has 3 aromatic carbocycles. The van der Waals surface area contributed by atoms with Gasteiger partial charge in [-0.25, -0.2) is 9.37 Å². The number of ether oxygens (including phenoxy) is 2. The lowest BCUT2D eigenvalue weighted by molar-refractivity contribution is 0.270. The lowest BCUT2D eigenvalue weighted by atomic mass is 9.81. The molecule has 0 bridgehead atoms. The molecule has 0 radical (unpaired) electrons. The number of hydrogen-bond donors (Lipinski definition) is 2. The van der Waals surface area contributed by atoms with E-state index in [0.717, 1.165) is 39.6 Å². The van der Waals surface area contributed by atoms with Crippen LogP contribution in [0.5, 0.6) is 11.5 Å². The van der Waals surface area contributed by atoms with Gasteiger partial charge in [0.25, 0.3) is 0 Å². The molecule has 1 heterocycles. The first kappa shape index (κ1) is 35.7. The van der Waals surface area contributed by atoms with E-state index in [4.69, 9.17) is 48.8 Å². The van der Waals surface area contributed by atoms with Crippen LogP contribution in [0.25, 0.3) is 5.69 Å². The summed E-state index contributed by atoms with van der Waals surface area (Å²) in [5.74, 6) is 2.15. The van der Waals surface area contributed by atoms with Gasteiger partial charge < -0.3 is 15.2 Å². The molecule has 4 aromatic rings. The van der Waals surface area contributed by atoms with Crippen molar-refractivity contribution in [2.75, 3.05) is 13.7 Å². The SMILES string of the molecule is COc1cc(C(C)(C)c2cnc(SCc3cc(OCCC(C)C(C)C(=N)N)c(Cl)cc3C(C)C)n2-c2ccc(F)cc2)ccc1Cl. The van der Waals surface area contributed by atoms with Crippen molar-refractivity contribution in [2.24, 2.45) is 17.6 Å². The Labute approximate surface area is 286 Å². The number of methoxy groups -OCH3 is 1. The molecule has 0 aliphatic rings. The highest BCUT2D eigenvalue weighted by molar-refractivity contribution is 7.98. The largest absolute Gasteiger partial charge is 0.495 e. The Morgan fingerprint density at radius 1 is 1.02 bits per heavy atom. The average Bonchev–Trinajstić information content (AvgIpc) is 3.45. The highest BCUT2D eigenvalue weighted by Gasteiger charge is 2.30. The highest BCUT2D eigenvalue weighted by atomic mass is 35.5. The van der Waals surface area contributed by atoms with Crippen molar-refractivity contribution in [3.8, 4) is 17.2 Å². The molecule has 2 atom stereocenters. The fraction of sp³-hybridized carbons (Fsp3) is 0.389. The molecule has 0 saturated heterocycles. The van der Waals surface area contributed by atoms with Crippen LogP contribution in [0.3, 0.4) is 0 Å². The van der Waals surface area contributed by atoms with E-state index < -0.39 is 5.41 Å². The van der Waals surface area contributed by atoms with Gasteiger partial charge >= 0.3 is 0 Å². The van der Waals surface area contributed by atoms with E-state index in [1.54, 1.807) is 31.0 Å². The number of aromatic nitrogens is 2. The summed E-state index contributed by atoms with van der Waals surface area (Å²) in [6.07, 6.45) is 2.63. The van der Waals surface area contributed by atoms with Gasteiger partial charge in [0.1, 0.15) is 17.3 Å². The van der Waals surface area contributed by atoms with Gasteiger partial charge in [-0.15, -0.1) is 0 Å². The van der Waals surface area contributed by atoms with Crippen LogP contribution in [-0.4, -0.2) is 29.1 Å². The molecule has 10 heteroatoms. The number of nitrogens with one attached hydrogen (secondary N) is 1. The zero-order valence-corrected chi connectivity index (χ0v) is 29.8. The van der Waals surface area contributed by atoms with Gasteiger partial charge in [-0.2, -0.15) is 0 Å². The molecule has 3 N–H and O–H groups in total. The van der Waals surface area contributed by atoms with Crippen LogP contribution in [0, 0.1) is 23.1 Å². The third-order valence-corrected chi connectivity index (χ3v) is 10.3. The zero-order chi connectivity index (χ0) is 33.8. The Morgan fingerprint density at radius 3 is 2.35 bits per heavy atom. The second-order valence-corrected chi connectivity index (χ2v) is 14.3. The molecule has 0 saturated carbocycles. The minimum Gasteiger partial charge on any atom is -0.495 e. The Morgan fingerprint density at radius 2 is 1.72 bits per heavy atom. The monoisotopic (exact) mass is 684 g/mol. The van der Waals surface area contributed by atoms with Gasteiger partial charge in [-0.1, -0.05) is 82.6 Å². The van der Waals surface area contributed by atoms with Gasteiger partial charge in [0.05, 0.1) is 41.5 Å². The number of hydrogen-bond acceptors (Lipinski definition) is 5. The summed E-state index contributed by atoms with van der Waals surface area (Å²) in [4.78, 5) is 4.89. The number of thioether (sulfide) groups is 1. The average molecular weight is 686 g/mol. The lowest BCUT2D eigenvalue weighted by Gasteiger charge is -2.28. The molecule has 2 unspecified atom stereocenters. The molecule has 0 aliphatic heterocycles. The van der Waals surface area contributed by atoms with Crippen LogP contribution in [-0.2, 0) is 11.2 Å². The maximum Gasteiger partial charge on any atom is 0.173 e. The van der Waals surface area contributed by atoms with E-state index in [-0.39, 0.29) is 29.4 Å². The van der Waals surface area contributed by atoms with Crippen LogP contribution >= 0.6 is 35.0 Å².